The minimum absolute atomic E-state index is 0.0514. The fourth-order valence-electron chi connectivity index (χ4n) is 3.05. The van der Waals surface area contributed by atoms with Gasteiger partial charge in [0, 0.05) is 22.2 Å². The normalized spacial score (nSPS) is 11.7. The molecule has 0 unspecified atom stereocenters. The number of rotatable bonds is 3. The largest absolute Gasteiger partial charge is 0.252 e. The van der Waals surface area contributed by atoms with Crippen molar-refractivity contribution in [1.82, 2.24) is 4.98 Å². The average Bonchev–Trinajstić information content (AvgIpc) is 2.68. The minimum Gasteiger partial charge on any atom is -0.252 e. The molecule has 0 saturated heterocycles. The second kappa shape index (κ2) is 6.96. The van der Waals surface area contributed by atoms with Crippen molar-refractivity contribution in [3.63, 3.8) is 0 Å². The van der Waals surface area contributed by atoms with Gasteiger partial charge in [0.2, 0.25) is 9.84 Å². The van der Waals surface area contributed by atoms with E-state index in [1.165, 1.54) is 24.3 Å². The molecule has 0 N–H and O–H groups in total. The highest BCUT2D eigenvalue weighted by Crippen LogP contribution is 2.37. The van der Waals surface area contributed by atoms with Crippen molar-refractivity contribution in [2.45, 2.75) is 9.79 Å². The van der Waals surface area contributed by atoms with Gasteiger partial charge in [0.25, 0.3) is 0 Å². The smallest absolute Gasteiger partial charge is 0.208 e. The molecule has 4 aromatic rings. The van der Waals surface area contributed by atoms with E-state index in [-0.39, 0.29) is 20.9 Å². The number of benzene rings is 3. The topological polar surface area (TPSA) is 47.0 Å². The van der Waals surface area contributed by atoms with Crippen LogP contribution in [0.5, 0.6) is 0 Å². The maximum atomic E-state index is 14.3. The van der Waals surface area contributed by atoms with Gasteiger partial charge < -0.3 is 0 Å². The summed E-state index contributed by atoms with van der Waals surface area (Å²) in [5, 5.41) is 0.745. The Morgan fingerprint density at radius 1 is 0.893 bits per heavy atom. The van der Waals surface area contributed by atoms with Gasteiger partial charge in [0.1, 0.15) is 17.2 Å². The number of halogens is 3. The summed E-state index contributed by atoms with van der Waals surface area (Å²) < 4.78 is 54.1. The molecule has 0 fully saturated rings. The zero-order valence-electron chi connectivity index (χ0n) is 14.2. The first-order valence-electron chi connectivity index (χ1n) is 8.22. The van der Waals surface area contributed by atoms with E-state index in [0.717, 1.165) is 18.3 Å². The van der Waals surface area contributed by atoms with Crippen molar-refractivity contribution >= 4 is 32.3 Å². The molecule has 0 aliphatic heterocycles. The van der Waals surface area contributed by atoms with Crippen molar-refractivity contribution in [2.24, 2.45) is 0 Å². The number of para-hydroxylation sites is 1. The monoisotopic (exact) mass is 415 g/mol. The molecule has 7 heteroatoms. The first kappa shape index (κ1) is 18.5. The van der Waals surface area contributed by atoms with Crippen LogP contribution in [0.15, 0.2) is 82.7 Å². The first-order chi connectivity index (χ1) is 13.4. The van der Waals surface area contributed by atoms with Crippen LogP contribution in [0.4, 0.5) is 8.78 Å². The van der Waals surface area contributed by atoms with Gasteiger partial charge in [0.05, 0.1) is 9.79 Å². The molecular formula is C21H12ClF2NO2S. The second-order valence-electron chi connectivity index (χ2n) is 6.10. The summed E-state index contributed by atoms with van der Waals surface area (Å²) in [5.41, 5.74) is 0.845. The third-order valence-electron chi connectivity index (χ3n) is 4.34. The lowest BCUT2D eigenvalue weighted by Gasteiger charge is -2.14. The van der Waals surface area contributed by atoms with Gasteiger partial charge in [-0.2, -0.15) is 0 Å². The summed E-state index contributed by atoms with van der Waals surface area (Å²) in [4.78, 5) is 3.84. The number of aromatic nitrogens is 1. The molecule has 140 valence electrons. The highest BCUT2D eigenvalue weighted by atomic mass is 35.5. The summed E-state index contributed by atoms with van der Waals surface area (Å²) in [5.74, 6) is -1.11. The molecular weight excluding hydrogens is 404 g/mol. The number of pyridine rings is 1. The van der Waals surface area contributed by atoms with Crippen LogP contribution >= 0.6 is 11.6 Å². The Labute approximate surface area is 165 Å². The Morgan fingerprint density at radius 2 is 1.61 bits per heavy atom. The molecule has 0 atom stereocenters. The predicted octanol–water partition coefficient (Wildman–Crippen LogP) is 5.67. The van der Waals surface area contributed by atoms with Crippen molar-refractivity contribution in [3.05, 3.63) is 89.6 Å². The van der Waals surface area contributed by atoms with Crippen LogP contribution in [0, 0.1) is 11.6 Å². The fraction of sp³-hybridized carbons (Fsp3) is 0. The van der Waals surface area contributed by atoms with Crippen LogP contribution in [0.3, 0.4) is 0 Å². The van der Waals surface area contributed by atoms with Crippen molar-refractivity contribution in [1.29, 1.82) is 0 Å². The molecule has 1 heterocycles. The standard InChI is InChI=1S/C21H12ClF2NO2S/c22-14-4-1-3-13(11-14)20-17-5-2-6-18(24)21(17)25-12-19(20)28(26,27)16-9-7-15(23)8-10-16/h1-12H. The Morgan fingerprint density at radius 3 is 2.32 bits per heavy atom. The molecule has 1 aromatic heterocycles. The fourth-order valence-corrected chi connectivity index (χ4v) is 4.68. The third kappa shape index (κ3) is 3.15. The van der Waals surface area contributed by atoms with E-state index in [4.69, 9.17) is 11.6 Å². The van der Waals surface area contributed by atoms with E-state index in [0.29, 0.717) is 16.0 Å². The third-order valence-corrected chi connectivity index (χ3v) is 6.36. The summed E-state index contributed by atoms with van der Waals surface area (Å²) >= 11 is 6.10. The SMILES string of the molecule is O=S(=O)(c1ccc(F)cc1)c1cnc2c(F)cccc2c1-c1cccc(Cl)c1. The molecule has 4 rings (SSSR count). The first-order valence-corrected chi connectivity index (χ1v) is 10.1. The van der Waals surface area contributed by atoms with Crippen molar-refractivity contribution < 1.29 is 17.2 Å². The van der Waals surface area contributed by atoms with E-state index in [1.807, 2.05) is 0 Å². The van der Waals surface area contributed by atoms with E-state index in [1.54, 1.807) is 30.3 Å². The van der Waals surface area contributed by atoms with Crippen molar-refractivity contribution in [3.8, 4) is 11.1 Å². The van der Waals surface area contributed by atoms with Crippen LogP contribution in [-0.2, 0) is 9.84 Å². The van der Waals surface area contributed by atoms with E-state index >= 15 is 0 Å². The van der Waals surface area contributed by atoms with Gasteiger partial charge in [-0.15, -0.1) is 0 Å². The summed E-state index contributed by atoms with van der Waals surface area (Å²) in [6, 6.07) is 15.5. The Hall–Kier alpha value is -2.83. The zero-order valence-corrected chi connectivity index (χ0v) is 15.8. The van der Waals surface area contributed by atoms with Crippen LogP contribution in [-0.4, -0.2) is 13.4 Å². The second-order valence-corrected chi connectivity index (χ2v) is 8.46. The molecule has 0 saturated carbocycles. The number of fused-ring (bicyclic) bond motifs is 1. The summed E-state index contributed by atoms with van der Waals surface area (Å²) in [6.07, 6.45) is 1.13. The molecule has 0 spiro atoms. The molecule has 0 amide bonds. The molecule has 3 aromatic carbocycles. The van der Waals surface area contributed by atoms with Crippen LogP contribution in [0.2, 0.25) is 5.02 Å². The molecule has 0 aliphatic carbocycles. The lowest BCUT2D eigenvalue weighted by atomic mass is 10.0. The molecule has 28 heavy (non-hydrogen) atoms. The Kier molecular flexibility index (Phi) is 4.61. The van der Waals surface area contributed by atoms with Gasteiger partial charge in [-0.1, -0.05) is 35.9 Å². The number of hydrogen-bond acceptors (Lipinski definition) is 3. The van der Waals surface area contributed by atoms with E-state index in [9.17, 15) is 17.2 Å². The Bertz CT molecular complexity index is 1310. The quantitative estimate of drug-likeness (QED) is 0.405. The van der Waals surface area contributed by atoms with Gasteiger partial charge in [0.15, 0.2) is 0 Å². The lowest BCUT2D eigenvalue weighted by molar-refractivity contribution is 0.594. The summed E-state index contributed by atoms with van der Waals surface area (Å²) in [7, 11) is -4.05. The van der Waals surface area contributed by atoms with Gasteiger partial charge in [-0.25, -0.2) is 17.2 Å². The van der Waals surface area contributed by atoms with Crippen LogP contribution in [0.1, 0.15) is 0 Å². The van der Waals surface area contributed by atoms with E-state index < -0.39 is 21.5 Å². The average molecular weight is 416 g/mol. The molecule has 3 nitrogen and oxygen atoms in total. The molecule has 0 aliphatic rings. The lowest BCUT2D eigenvalue weighted by Crippen LogP contribution is -2.06. The Balaban J connectivity index is 2.09. The number of nitrogens with zero attached hydrogens (tertiary/aromatic N) is 1. The molecule has 0 bridgehead atoms. The number of hydrogen-bond donors (Lipinski definition) is 0. The van der Waals surface area contributed by atoms with E-state index in [2.05, 4.69) is 4.98 Å². The van der Waals surface area contributed by atoms with Gasteiger partial charge in [-0.05, 0) is 48.0 Å². The van der Waals surface area contributed by atoms with Gasteiger partial charge in [-0.3, -0.25) is 4.98 Å². The van der Waals surface area contributed by atoms with Crippen LogP contribution in [0.25, 0.3) is 22.0 Å². The summed E-state index contributed by atoms with van der Waals surface area (Å²) in [6.45, 7) is 0. The highest BCUT2D eigenvalue weighted by molar-refractivity contribution is 7.91. The minimum atomic E-state index is -4.05. The predicted molar refractivity (Wildman–Crippen MR) is 104 cm³/mol. The van der Waals surface area contributed by atoms with Crippen LogP contribution < -0.4 is 0 Å². The van der Waals surface area contributed by atoms with Gasteiger partial charge >= 0.3 is 0 Å². The molecule has 0 radical (unpaired) electrons. The number of sulfone groups is 1. The van der Waals surface area contributed by atoms with Crippen molar-refractivity contribution in [2.75, 3.05) is 0 Å². The zero-order chi connectivity index (χ0) is 19.9. The maximum absolute atomic E-state index is 14.3. The maximum Gasteiger partial charge on any atom is 0.208 e. The highest BCUT2D eigenvalue weighted by Gasteiger charge is 2.25.